The number of rotatable bonds is 6. The monoisotopic (exact) mass is 405 g/mol. The van der Waals surface area contributed by atoms with E-state index in [9.17, 15) is 4.79 Å². The van der Waals surface area contributed by atoms with Crippen molar-refractivity contribution in [2.75, 3.05) is 0 Å². The summed E-state index contributed by atoms with van der Waals surface area (Å²) in [6, 6.07) is 15.5. The molecule has 2 N–H and O–H groups in total. The number of benzene rings is 2. The molecular weight excluding hydrogens is 381 g/mol. The van der Waals surface area contributed by atoms with Crippen LogP contribution in [0.25, 0.3) is 6.08 Å². The molecule has 2 aromatic carbocycles. The van der Waals surface area contributed by atoms with Crippen molar-refractivity contribution in [3.8, 4) is 0 Å². The van der Waals surface area contributed by atoms with E-state index >= 15 is 0 Å². The van der Waals surface area contributed by atoms with Gasteiger partial charge in [0.2, 0.25) is 0 Å². The van der Waals surface area contributed by atoms with Crippen molar-refractivity contribution in [3.05, 3.63) is 75.8 Å². The van der Waals surface area contributed by atoms with Gasteiger partial charge in [0.1, 0.15) is 6.10 Å². The van der Waals surface area contributed by atoms with Crippen LogP contribution < -0.4 is 5.73 Å². The van der Waals surface area contributed by atoms with E-state index in [-0.39, 0.29) is 17.4 Å². The lowest BCUT2D eigenvalue weighted by Crippen LogP contribution is -2.38. The van der Waals surface area contributed by atoms with Gasteiger partial charge in [-0.25, -0.2) is 4.79 Å². The van der Waals surface area contributed by atoms with Gasteiger partial charge in [0.25, 0.3) is 0 Å². The van der Waals surface area contributed by atoms with Gasteiger partial charge >= 0.3 is 6.09 Å². The number of hydrogen-bond donors (Lipinski definition) is 1. The fourth-order valence-electron chi connectivity index (χ4n) is 3.09. The van der Waals surface area contributed by atoms with Gasteiger partial charge in [0, 0.05) is 5.92 Å². The van der Waals surface area contributed by atoms with Gasteiger partial charge in [-0.3, -0.25) is 0 Å². The van der Waals surface area contributed by atoms with Crippen molar-refractivity contribution in [2.24, 2.45) is 11.1 Å². The highest BCUT2D eigenvalue weighted by Crippen LogP contribution is 2.37. The number of nitrogens with two attached hydrogens (primary N) is 1. The van der Waals surface area contributed by atoms with Crippen LogP contribution in [0.4, 0.5) is 4.79 Å². The number of amides is 1. The molecule has 0 aliphatic carbocycles. The topological polar surface area (TPSA) is 52.3 Å². The highest BCUT2D eigenvalue weighted by Gasteiger charge is 2.35. The van der Waals surface area contributed by atoms with Crippen LogP contribution in [0.15, 0.2) is 54.6 Å². The summed E-state index contributed by atoms with van der Waals surface area (Å²) in [6.07, 6.45) is 3.60. The molecule has 0 aliphatic rings. The molecule has 0 aromatic heterocycles. The first-order valence-corrected chi connectivity index (χ1v) is 9.56. The number of hydrogen-bond acceptors (Lipinski definition) is 2. The van der Waals surface area contributed by atoms with Crippen LogP contribution in [0.3, 0.4) is 0 Å². The molecule has 1 unspecified atom stereocenters. The van der Waals surface area contributed by atoms with Gasteiger partial charge in [0.05, 0.1) is 10.0 Å². The largest absolute Gasteiger partial charge is 0.445 e. The lowest BCUT2D eigenvalue weighted by atomic mass is 9.76. The maximum Gasteiger partial charge on any atom is 0.404 e. The average molecular weight is 406 g/mol. The molecule has 2 aromatic rings. The van der Waals surface area contributed by atoms with Crippen LogP contribution in [0.5, 0.6) is 0 Å². The second kappa shape index (κ2) is 9.29. The van der Waals surface area contributed by atoms with E-state index in [1.807, 2.05) is 69.3 Å². The molecule has 0 heterocycles. The highest BCUT2D eigenvalue weighted by atomic mass is 35.5. The van der Waals surface area contributed by atoms with E-state index in [1.165, 1.54) is 0 Å². The third-order valence-corrected chi connectivity index (χ3v) is 5.07. The van der Waals surface area contributed by atoms with Crippen LogP contribution in [0.2, 0.25) is 10.0 Å². The quantitative estimate of drug-likeness (QED) is 0.581. The van der Waals surface area contributed by atoms with Gasteiger partial charge in [-0.2, -0.15) is 0 Å². The second-order valence-electron chi connectivity index (χ2n) is 7.55. The molecule has 0 bridgehead atoms. The minimum absolute atomic E-state index is 0.0299. The Morgan fingerprint density at radius 1 is 1.11 bits per heavy atom. The Balaban J connectivity index is 2.30. The molecule has 3 nitrogen and oxygen atoms in total. The van der Waals surface area contributed by atoms with Crippen molar-refractivity contribution in [1.29, 1.82) is 0 Å². The summed E-state index contributed by atoms with van der Waals surface area (Å²) < 4.78 is 5.54. The van der Waals surface area contributed by atoms with E-state index in [1.54, 1.807) is 6.07 Å². The number of allylic oxidation sites excluding steroid dienone is 1. The Morgan fingerprint density at radius 2 is 1.78 bits per heavy atom. The first kappa shape index (κ1) is 21.3. The Bertz CT molecular complexity index is 798. The van der Waals surface area contributed by atoms with Gasteiger partial charge < -0.3 is 10.5 Å². The molecular formula is C22H25Cl2NO2. The average Bonchev–Trinajstić information content (AvgIpc) is 2.60. The fourth-order valence-corrected chi connectivity index (χ4v) is 3.40. The Kier molecular flexibility index (Phi) is 7.34. The smallest absolute Gasteiger partial charge is 0.404 e. The lowest BCUT2D eigenvalue weighted by molar-refractivity contribution is 0.0185. The number of halogens is 2. The Hall–Kier alpha value is -1.97. The number of primary amides is 1. The maximum atomic E-state index is 11.5. The molecule has 0 spiro atoms. The SMILES string of the molecule is CC(C)(C)[C@@H](OC(N)=O)C(CC=Cc1ccc(Cl)c(Cl)c1)c1ccccc1. The van der Waals surface area contributed by atoms with Gasteiger partial charge in [-0.15, -0.1) is 0 Å². The van der Waals surface area contributed by atoms with E-state index in [4.69, 9.17) is 33.7 Å². The summed E-state index contributed by atoms with van der Waals surface area (Å²) in [5.74, 6) is -0.0299. The van der Waals surface area contributed by atoms with E-state index in [2.05, 4.69) is 6.08 Å². The zero-order valence-electron chi connectivity index (χ0n) is 15.8. The van der Waals surface area contributed by atoms with E-state index in [0.29, 0.717) is 16.5 Å². The van der Waals surface area contributed by atoms with Crippen molar-refractivity contribution in [2.45, 2.75) is 39.2 Å². The molecule has 2 rings (SSSR count). The van der Waals surface area contributed by atoms with Crippen molar-refractivity contribution in [3.63, 3.8) is 0 Å². The molecule has 0 radical (unpaired) electrons. The van der Waals surface area contributed by atoms with Gasteiger partial charge in [-0.05, 0) is 35.1 Å². The molecule has 27 heavy (non-hydrogen) atoms. The third kappa shape index (κ3) is 6.30. The molecule has 2 atom stereocenters. The molecule has 0 fully saturated rings. The summed E-state index contributed by atoms with van der Waals surface area (Å²) >= 11 is 12.1. The highest BCUT2D eigenvalue weighted by molar-refractivity contribution is 6.42. The van der Waals surface area contributed by atoms with Crippen LogP contribution in [0, 0.1) is 5.41 Å². The van der Waals surface area contributed by atoms with Crippen LogP contribution in [-0.2, 0) is 4.74 Å². The number of ether oxygens (including phenoxy) is 1. The summed E-state index contributed by atoms with van der Waals surface area (Å²) in [5.41, 5.74) is 7.13. The summed E-state index contributed by atoms with van der Waals surface area (Å²) in [7, 11) is 0. The molecule has 1 amide bonds. The number of carbonyl (C=O) groups is 1. The summed E-state index contributed by atoms with van der Waals surface area (Å²) in [4.78, 5) is 11.5. The molecule has 144 valence electrons. The minimum Gasteiger partial charge on any atom is -0.445 e. The van der Waals surface area contributed by atoms with Crippen LogP contribution >= 0.6 is 23.2 Å². The fraction of sp³-hybridized carbons (Fsp3) is 0.318. The number of carbonyl (C=O) groups excluding carboxylic acids is 1. The van der Waals surface area contributed by atoms with Crippen LogP contribution in [0.1, 0.15) is 44.2 Å². The van der Waals surface area contributed by atoms with Crippen molar-refractivity contribution >= 4 is 35.4 Å². The molecule has 0 saturated carbocycles. The zero-order chi connectivity index (χ0) is 20.0. The zero-order valence-corrected chi connectivity index (χ0v) is 17.3. The minimum atomic E-state index is -0.760. The third-order valence-electron chi connectivity index (χ3n) is 4.33. The first-order chi connectivity index (χ1) is 12.7. The summed E-state index contributed by atoms with van der Waals surface area (Å²) in [5, 5.41) is 1.04. The molecule has 5 heteroatoms. The van der Waals surface area contributed by atoms with Crippen molar-refractivity contribution < 1.29 is 9.53 Å². The van der Waals surface area contributed by atoms with E-state index in [0.717, 1.165) is 11.1 Å². The molecule has 0 aliphatic heterocycles. The second-order valence-corrected chi connectivity index (χ2v) is 8.37. The Morgan fingerprint density at radius 3 is 2.33 bits per heavy atom. The van der Waals surface area contributed by atoms with E-state index < -0.39 is 6.09 Å². The lowest BCUT2D eigenvalue weighted by Gasteiger charge is -2.36. The summed E-state index contributed by atoms with van der Waals surface area (Å²) in [6.45, 7) is 6.12. The predicted molar refractivity (Wildman–Crippen MR) is 113 cm³/mol. The van der Waals surface area contributed by atoms with Crippen LogP contribution in [-0.4, -0.2) is 12.2 Å². The van der Waals surface area contributed by atoms with Gasteiger partial charge in [0.15, 0.2) is 0 Å². The standard InChI is InChI=1S/C22H25Cl2NO2/c1-22(2,3)20(27-21(25)26)17(16-9-5-4-6-10-16)11-7-8-15-12-13-18(23)19(24)14-15/h4-10,12-14,17,20H,11H2,1-3H3,(H2,25,26)/t17?,20-/m0/s1. The predicted octanol–water partition coefficient (Wildman–Crippen LogP) is 6.69. The Labute approximate surface area is 171 Å². The normalized spacial score (nSPS) is 14.1. The maximum absolute atomic E-state index is 11.5. The van der Waals surface area contributed by atoms with Gasteiger partial charge in [-0.1, -0.05) is 92.5 Å². The first-order valence-electron chi connectivity index (χ1n) is 8.81. The van der Waals surface area contributed by atoms with Crippen molar-refractivity contribution in [1.82, 2.24) is 0 Å². The molecule has 0 saturated heterocycles.